The maximum Gasteiger partial charge on any atom is 0.00418 e. The van der Waals surface area contributed by atoms with E-state index in [1.54, 1.807) is 0 Å². The molecule has 0 aromatic heterocycles. The van der Waals surface area contributed by atoms with Crippen LogP contribution in [0.2, 0.25) is 0 Å². The van der Waals surface area contributed by atoms with E-state index in [9.17, 15) is 0 Å². The number of nitrogens with one attached hydrogen (secondary N) is 1. The first kappa shape index (κ1) is 12.0. The van der Waals surface area contributed by atoms with Gasteiger partial charge in [0.2, 0.25) is 0 Å². The SMILES string of the molecule is C=CCCC(C)NCCc1ccccc1. The monoisotopic (exact) mass is 203 g/mol. The van der Waals surface area contributed by atoms with Crippen molar-refractivity contribution in [2.24, 2.45) is 0 Å². The van der Waals surface area contributed by atoms with Crippen LogP contribution in [0.15, 0.2) is 43.0 Å². The summed E-state index contributed by atoms with van der Waals surface area (Å²) in [7, 11) is 0. The van der Waals surface area contributed by atoms with Crippen molar-refractivity contribution < 1.29 is 0 Å². The highest BCUT2D eigenvalue weighted by atomic mass is 14.9. The van der Waals surface area contributed by atoms with Crippen LogP contribution in [0, 0.1) is 0 Å². The van der Waals surface area contributed by atoms with Crippen molar-refractivity contribution in [3.05, 3.63) is 48.6 Å². The molecule has 0 heterocycles. The molecule has 1 heteroatoms. The van der Waals surface area contributed by atoms with E-state index in [4.69, 9.17) is 0 Å². The van der Waals surface area contributed by atoms with E-state index in [1.165, 1.54) is 12.0 Å². The fraction of sp³-hybridized carbons (Fsp3) is 0.429. The zero-order chi connectivity index (χ0) is 10.9. The van der Waals surface area contributed by atoms with Gasteiger partial charge in [-0.2, -0.15) is 0 Å². The lowest BCUT2D eigenvalue weighted by Gasteiger charge is -2.12. The molecule has 0 aliphatic carbocycles. The Morgan fingerprint density at radius 2 is 2.07 bits per heavy atom. The van der Waals surface area contributed by atoms with Gasteiger partial charge in [0, 0.05) is 6.04 Å². The molecular weight excluding hydrogens is 182 g/mol. The van der Waals surface area contributed by atoms with Gasteiger partial charge in [0.25, 0.3) is 0 Å². The molecule has 1 nitrogen and oxygen atoms in total. The summed E-state index contributed by atoms with van der Waals surface area (Å²) in [5, 5.41) is 3.52. The van der Waals surface area contributed by atoms with Gasteiger partial charge in [-0.05, 0) is 38.3 Å². The number of hydrogen-bond acceptors (Lipinski definition) is 1. The van der Waals surface area contributed by atoms with Gasteiger partial charge < -0.3 is 5.32 Å². The van der Waals surface area contributed by atoms with Crippen LogP contribution in [0.25, 0.3) is 0 Å². The molecule has 1 unspecified atom stereocenters. The van der Waals surface area contributed by atoms with Crippen LogP contribution in [0.4, 0.5) is 0 Å². The maximum absolute atomic E-state index is 3.73. The lowest BCUT2D eigenvalue weighted by atomic mass is 10.1. The highest BCUT2D eigenvalue weighted by molar-refractivity contribution is 5.14. The Morgan fingerprint density at radius 3 is 2.73 bits per heavy atom. The van der Waals surface area contributed by atoms with Gasteiger partial charge in [0.05, 0.1) is 0 Å². The third-order valence-corrected chi connectivity index (χ3v) is 2.55. The normalized spacial score (nSPS) is 12.3. The molecule has 15 heavy (non-hydrogen) atoms. The molecule has 1 aromatic carbocycles. The summed E-state index contributed by atoms with van der Waals surface area (Å²) in [6.45, 7) is 7.02. The predicted molar refractivity (Wildman–Crippen MR) is 67.0 cm³/mol. The first-order valence-electron chi connectivity index (χ1n) is 5.71. The molecule has 82 valence electrons. The molecule has 1 rings (SSSR count). The molecule has 0 saturated heterocycles. The zero-order valence-corrected chi connectivity index (χ0v) is 9.58. The molecule has 0 radical (unpaired) electrons. The molecule has 0 bridgehead atoms. The summed E-state index contributed by atoms with van der Waals surface area (Å²) in [5.74, 6) is 0. The van der Waals surface area contributed by atoms with Crippen LogP contribution in [0.3, 0.4) is 0 Å². The highest BCUT2D eigenvalue weighted by Gasteiger charge is 1.98. The van der Waals surface area contributed by atoms with Gasteiger partial charge in [-0.1, -0.05) is 36.4 Å². The quantitative estimate of drug-likeness (QED) is 0.671. The minimum atomic E-state index is 0.590. The molecule has 0 aliphatic heterocycles. The molecule has 1 atom stereocenters. The Kier molecular flexibility index (Phi) is 5.79. The zero-order valence-electron chi connectivity index (χ0n) is 9.58. The van der Waals surface area contributed by atoms with Crippen molar-refractivity contribution in [2.45, 2.75) is 32.2 Å². The van der Waals surface area contributed by atoms with Gasteiger partial charge >= 0.3 is 0 Å². The number of benzene rings is 1. The summed E-state index contributed by atoms with van der Waals surface area (Å²) in [4.78, 5) is 0. The van der Waals surface area contributed by atoms with Crippen molar-refractivity contribution in [3.63, 3.8) is 0 Å². The first-order chi connectivity index (χ1) is 7.33. The van der Waals surface area contributed by atoms with Crippen molar-refractivity contribution in [2.75, 3.05) is 6.54 Å². The van der Waals surface area contributed by atoms with E-state index in [0.717, 1.165) is 19.4 Å². The van der Waals surface area contributed by atoms with Crippen LogP contribution < -0.4 is 5.32 Å². The summed E-state index contributed by atoms with van der Waals surface area (Å²) >= 11 is 0. The highest BCUT2D eigenvalue weighted by Crippen LogP contribution is 2.00. The lowest BCUT2D eigenvalue weighted by Crippen LogP contribution is -2.27. The van der Waals surface area contributed by atoms with Crippen molar-refractivity contribution in [3.8, 4) is 0 Å². The van der Waals surface area contributed by atoms with Gasteiger partial charge in [0.15, 0.2) is 0 Å². The van der Waals surface area contributed by atoms with E-state index in [1.807, 2.05) is 6.08 Å². The Morgan fingerprint density at radius 1 is 1.33 bits per heavy atom. The van der Waals surface area contributed by atoms with Gasteiger partial charge in [-0.3, -0.25) is 0 Å². The third-order valence-electron chi connectivity index (χ3n) is 2.55. The standard InChI is InChI=1S/C14H21N/c1-3-4-8-13(2)15-12-11-14-9-6-5-7-10-14/h3,5-7,9-10,13,15H,1,4,8,11-12H2,2H3. The third kappa shape index (κ3) is 5.38. The number of rotatable bonds is 7. The average molecular weight is 203 g/mol. The summed E-state index contributed by atoms with van der Waals surface area (Å²) in [6.07, 6.45) is 5.37. The summed E-state index contributed by atoms with van der Waals surface area (Å²) in [6, 6.07) is 11.2. The van der Waals surface area contributed by atoms with Crippen molar-refractivity contribution in [1.82, 2.24) is 5.32 Å². The van der Waals surface area contributed by atoms with Gasteiger partial charge in [0.1, 0.15) is 0 Å². The lowest BCUT2D eigenvalue weighted by molar-refractivity contribution is 0.521. The van der Waals surface area contributed by atoms with E-state index >= 15 is 0 Å². The molecule has 1 N–H and O–H groups in total. The van der Waals surface area contributed by atoms with Crippen LogP contribution in [-0.4, -0.2) is 12.6 Å². The fourth-order valence-electron chi connectivity index (χ4n) is 1.58. The van der Waals surface area contributed by atoms with Crippen LogP contribution >= 0.6 is 0 Å². The summed E-state index contributed by atoms with van der Waals surface area (Å²) in [5.41, 5.74) is 1.40. The second-order valence-corrected chi connectivity index (χ2v) is 3.96. The van der Waals surface area contributed by atoms with Crippen molar-refractivity contribution >= 4 is 0 Å². The largest absolute Gasteiger partial charge is 0.314 e. The smallest absolute Gasteiger partial charge is 0.00418 e. The number of hydrogen-bond donors (Lipinski definition) is 1. The van der Waals surface area contributed by atoms with Gasteiger partial charge in [-0.15, -0.1) is 6.58 Å². The van der Waals surface area contributed by atoms with Crippen LogP contribution in [0.5, 0.6) is 0 Å². The van der Waals surface area contributed by atoms with Gasteiger partial charge in [-0.25, -0.2) is 0 Å². The second kappa shape index (κ2) is 7.24. The topological polar surface area (TPSA) is 12.0 Å². The maximum atomic E-state index is 3.73. The molecule has 0 fully saturated rings. The minimum absolute atomic E-state index is 0.590. The molecule has 0 aliphatic rings. The average Bonchev–Trinajstić information content (AvgIpc) is 2.28. The van der Waals surface area contributed by atoms with Crippen LogP contribution in [-0.2, 0) is 6.42 Å². The Labute approximate surface area is 93.2 Å². The van der Waals surface area contributed by atoms with E-state index in [2.05, 4.69) is 49.2 Å². The Balaban J connectivity index is 2.13. The molecule has 0 spiro atoms. The summed E-state index contributed by atoms with van der Waals surface area (Å²) < 4.78 is 0. The Bertz CT molecular complexity index is 266. The van der Waals surface area contributed by atoms with E-state index < -0.39 is 0 Å². The Hall–Kier alpha value is -1.08. The minimum Gasteiger partial charge on any atom is -0.314 e. The molecule has 1 aromatic rings. The second-order valence-electron chi connectivity index (χ2n) is 3.96. The van der Waals surface area contributed by atoms with E-state index in [-0.39, 0.29) is 0 Å². The van der Waals surface area contributed by atoms with Crippen molar-refractivity contribution in [1.29, 1.82) is 0 Å². The molecule has 0 amide bonds. The van der Waals surface area contributed by atoms with E-state index in [0.29, 0.717) is 6.04 Å². The first-order valence-corrected chi connectivity index (χ1v) is 5.71. The molecule has 0 saturated carbocycles. The fourth-order valence-corrected chi connectivity index (χ4v) is 1.58. The number of allylic oxidation sites excluding steroid dienone is 1. The predicted octanol–water partition coefficient (Wildman–Crippen LogP) is 3.17. The molecular formula is C14H21N. The van der Waals surface area contributed by atoms with Crippen LogP contribution in [0.1, 0.15) is 25.3 Å².